The molecule has 0 fully saturated rings. The Bertz CT molecular complexity index is 539. The summed E-state index contributed by atoms with van der Waals surface area (Å²) in [5.74, 6) is -0.510. The Morgan fingerprint density at radius 3 is 2.53 bits per heavy atom. The van der Waals surface area contributed by atoms with Crippen LogP contribution in [0.25, 0.3) is 0 Å². The van der Waals surface area contributed by atoms with E-state index in [0.717, 1.165) is 18.7 Å². The molecule has 0 aliphatic carbocycles. The minimum atomic E-state index is -3.36. The molecule has 0 aromatic heterocycles. The number of benzene rings is 1. The number of aliphatic hydroxyl groups is 1. The number of halogens is 1. The lowest BCUT2D eigenvalue weighted by atomic mass is 9.88. The van der Waals surface area contributed by atoms with Gasteiger partial charge in [-0.3, -0.25) is 0 Å². The van der Waals surface area contributed by atoms with Crippen LogP contribution in [0.3, 0.4) is 0 Å². The third-order valence-electron chi connectivity index (χ3n) is 3.31. The van der Waals surface area contributed by atoms with E-state index in [2.05, 4.69) is 5.32 Å². The van der Waals surface area contributed by atoms with Gasteiger partial charge in [-0.2, -0.15) is 0 Å². The van der Waals surface area contributed by atoms with Gasteiger partial charge in [0.1, 0.15) is 5.82 Å². The van der Waals surface area contributed by atoms with E-state index in [1.54, 1.807) is 0 Å². The molecule has 1 aromatic rings. The van der Waals surface area contributed by atoms with Gasteiger partial charge in [-0.1, -0.05) is 13.8 Å². The van der Waals surface area contributed by atoms with Gasteiger partial charge in [0.2, 0.25) is 0 Å². The lowest BCUT2D eigenvalue weighted by Crippen LogP contribution is -2.29. The minimum absolute atomic E-state index is 0.0239. The molecule has 0 heterocycles. The number of anilines is 1. The molecule has 2 N–H and O–H groups in total. The van der Waals surface area contributed by atoms with Crippen LogP contribution in [0.4, 0.5) is 10.1 Å². The normalized spacial score (nSPS) is 15.0. The van der Waals surface area contributed by atoms with Gasteiger partial charge in [0.15, 0.2) is 9.84 Å². The van der Waals surface area contributed by atoms with Crippen LogP contribution < -0.4 is 5.32 Å². The Kier molecular flexibility index (Phi) is 4.92. The predicted octanol–water partition coefficient (Wildman–Crippen LogP) is 2.05. The van der Waals surface area contributed by atoms with E-state index in [9.17, 15) is 17.9 Å². The first-order valence-electron chi connectivity index (χ1n) is 6.06. The average molecular weight is 289 g/mol. The number of rotatable bonds is 6. The molecule has 0 bridgehead atoms. The van der Waals surface area contributed by atoms with E-state index in [1.165, 1.54) is 12.1 Å². The van der Waals surface area contributed by atoms with Gasteiger partial charge >= 0.3 is 0 Å². The lowest BCUT2D eigenvalue weighted by Gasteiger charge is -2.26. The topological polar surface area (TPSA) is 66.4 Å². The van der Waals surface area contributed by atoms with Gasteiger partial charge in [-0.25, -0.2) is 12.8 Å². The molecule has 0 aliphatic rings. The molecule has 0 saturated heterocycles. The predicted molar refractivity (Wildman–Crippen MR) is 73.5 cm³/mol. The first-order valence-corrected chi connectivity index (χ1v) is 7.95. The zero-order valence-corrected chi connectivity index (χ0v) is 12.2. The summed E-state index contributed by atoms with van der Waals surface area (Å²) in [4.78, 5) is 0.0681. The first-order chi connectivity index (χ1) is 8.72. The molecule has 19 heavy (non-hydrogen) atoms. The quantitative estimate of drug-likeness (QED) is 0.787. The maximum atomic E-state index is 13.6. The van der Waals surface area contributed by atoms with E-state index in [1.807, 2.05) is 13.8 Å². The van der Waals surface area contributed by atoms with Crippen molar-refractivity contribution in [3.63, 3.8) is 0 Å². The van der Waals surface area contributed by atoms with Gasteiger partial charge in [-0.05, 0) is 24.6 Å². The Hall–Kier alpha value is -1.14. The number of hydrogen-bond donors (Lipinski definition) is 2. The van der Waals surface area contributed by atoms with Crippen LogP contribution in [0, 0.1) is 11.2 Å². The van der Waals surface area contributed by atoms with Crippen molar-refractivity contribution in [1.82, 2.24) is 0 Å². The van der Waals surface area contributed by atoms with Gasteiger partial charge in [0, 0.05) is 18.2 Å². The van der Waals surface area contributed by atoms with E-state index >= 15 is 0 Å². The number of hydrogen-bond acceptors (Lipinski definition) is 4. The summed E-state index contributed by atoms with van der Waals surface area (Å²) in [6.45, 7) is 4.15. The monoisotopic (exact) mass is 289 g/mol. The molecule has 0 amide bonds. The smallest absolute Gasteiger partial charge is 0.175 e. The highest BCUT2D eigenvalue weighted by Gasteiger charge is 2.21. The van der Waals surface area contributed by atoms with Crippen molar-refractivity contribution < 1.29 is 17.9 Å². The molecule has 0 aliphatic heterocycles. The average Bonchev–Trinajstić information content (AvgIpc) is 2.36. The zero-order chi connectivity index (χ0) is 14.7. The standard InChI is InChI=1S/C13H20FNO3S/c1-4-13(2,9-16)8-15-12-7-10(19(3,17)18)5-6-11(12)14/h5-7,15-16H,4,8-9H2,1-3H3. The SMILES string of the molecule is CCC(C)(CO)CNc1cc(S(C)(=O)=O)ccc1F. The second-order valence-electron chi connectivity index (χ2n) is 5.09. The highest BCUT2D eigenvalue weighted by Crippen LogP contribution is 2.24. The molecule has 1 aromatic carbocycles. The van der Waals surface area contributed by atoms with Gasteiger partial charge in [-0.15, -0.1) is 0 Å². The first kappa shape index (κ1) is 15.9. The molecule has 0 saturated carbocycles. The summed E-state index contributed by atoms with van der Waals surface area (Å²) in [6.07, 6.45) is 1.80. The summed E-state index contributed by atoms with van der Waals surface area (Å²) >= 11 is 0. The fourth-order valence-corrected chi connectivity index (χ4v) is 2.12. The molecule has 1 rings (SSSR count). The molecule has 1 atom stereocenters. The number of nitrogens with one attached hydrogen (secondary N) is 1. The highest BCUT2D eigenvalue weighted by molar-refractivity contribution is 7.90. The van der Waals surface area contributed by atoms with Crippen molar-refractivity contribution in [3.8, 4) is 0 Å². The molecule has 108 valence electrons. The minimum Gasteiger partial charge on any atom is -0.396 e. The van der Waals surface area contributed by atoms with E-state index in [-0.39, 0.29) is 22.6 Å². The molecule has 1 unspecified atom stereocenters. The molecule has 6 heteroatoms. The van der Waals surface area contributed by atoms with Crippen molar-refractivity contribution in [3.05, 3.63) is 24.0 Å². The third-order valence-corrected chi connectivity index (χ3v) is 4.42. The fraction of sp³-hybridized carbons (Fsp3) is 0.538. The third kappa shape index (κ3) is 4.18. The maximum Gasteiger partial charge on any atom is 0.175 e. The van der Waals surface area contributed by atoms with Gasteiger partial charge < -0.3 is 10.4 Å². The highest BCUT2D eigenvalue weighted by atomic mass is 32.2. The fourth-order valence-electron chi connectivity index (χ4n) is 1.47. The molecular formula is C13H20FNO3S. The Morgan fingerprint density at radius 1 is 1.42 bits per heavy atom. The number of sulfone groups is 1. The Morgan fingerprint density at radius 2 is 2.05 bits per heavy atom. The molecule has 4 nitrogen and oxygen atoms in total. The Labute approximate surface area is 113 Å². The largest absolute Gasteiger partial charge is 0.396 e. The van der Waals surface area contributed by atoms with E-state index in [4.69, 9.17) is 0 Å². The van der Waals surface area contributed by atoms with Crippen LogP contribution in [0.2, 0.25) is 0 Å². The van der Waals surface area contributed by atoms with Gasteiger partial charge in [0.25, 0.3) is 0 Å². The van der Waals surface area contributed by atoms with E-state index in [0.29, 0.717) is 6.54 Å². The Balaban J connectivity index is 2.96. The zero-order valence-electron chi connectivity index (χ0n) is 11.4. The van der Waals surface area contributed by atoms with Crippen molar-refractivity contribution in [2.75, 3.05) is 24.7 Å². The van der Waals surface area contributed by atoms with Crippen LogP contribution in [-0.2, 0) is 9.84 Å². The van der Waals surface area contributed by atoms with Crippen molar-refractivity contribution in [2.24, 2.45) is 5.41 Å². The van der Waals surface area contributed by atoms with Crippen LogP contribution in [0.5, 0.6) is 0 Å². The summed E-state index contributed by atoms with van der Waals surface area (Å²) in [5, 5.41) is 12.2. The van der Waals surface area contributed by atoms with Crippen LogP contribution >= 0.6 is 0 Å². The molecule has 0 spiro atoms. The van der Waals surface area contributed by atoms with Crippen molar-refractivity contribution >= 4 is 15.5 Å². The van der Waals surface area contributed by atoms with Crippen LogP contribution in [0.15, 0.2) is 23.1 Å². The summed E-state index contributed by atoms with van der Waals surface area (Å²) in [7, 11) is -3.36. The summed E-state index contributed by atoms with van der Waals surface area (Å²) in [6, 6.07) is 3.64. The maximum absolute atomic E-state index is 13.6. The van der Waals surface area contributed by atoms with Gasteiger partial charge in [0.05, 0.1) is 17.2 Å². The van der Waals surface area contributed by atoms with E-state index < -0.39 is 15.7 Å². The second kappa shape index (κ2) is 5.88. The van der Waals surface area contributed by atoms with Crippen molar-refractivity contribution in [1.29, 1.82) is 0 Å². The second-order valence-corrected chi connectivity index (χ2v) is 7.11. The lowest BCUT2D eigenvalue weighted by molar-refractivity contribution is 0.149. The van der Waals surface area contributed by atoms with Crippen LogP contribution in [-0.4, -0.2) is 32.9 Å². The van der Waals surface area contributed by atoms with Crippen LogP contribution in [0.1, 0.15) is 20.3 Å². The summed E-state index contributed by atoms with van der Waals surface area (Å²) < 4.78 is 36.5. The van der Waals surface area contributed by atoms with Crippen molar-refractivity contribution in [2.45, 2.75) is 25.2 Å². The summed E-state index contributed by atoms with van der Waals surface area (Å²) in [5.41, 5.74) is -0.232. The number of aliphatic hydroxyl groups excluding tert-OH is 1. The molecular weight excluding hydrogens is 269 g/mol. The molecule has 0 radical (unpaired) electrons.